The van der Waals surface area contributed by atoms with Crippen molar-refractivity contribution in [2.24, 2.45) is 0 Å². The number of hydrogen-bond acceptors (Lipinski definition) is 3. The third-order valence-corrected chi connectivity index (χ3v) is 3.39. The van der Waals surface area contributed by atoms with Crippen LogP contribution in [0.4, 0.5) is 4.39 Å². The summed E-state index contributed by atoms with van der Waals surface area (Å²) in [6.07, 6.45) is 2.72. The Hall–Kier alpha value is -1.88. The van der Waals surface area contributed by atoms with Gasteiger partial charge in [0.05, 0.1) is 19.3 Å². The van der Waals surface area contributed by atoms with Crippen molar-refractivity contribution in [1.29, 1.82) is 0 Å². The first kappa shape index (κ1) is 15.5. The second kappa shape index (κ2) is 7.22. The van der Waals surface area contributed by atoms with Gasteiger partial charge in [0.2, 0.25) is 0 Å². The Bertz CT molecular complexity index is 565. The van der Waals surface area contributed by atoms with E-state index in [-0.39, 0.29) is 11.9 Å². The highest BCUT2D eigenvalue weighted by Gasteiger charge is 2.22. The minimum Gasteiger partial charge on any atom is -0.493 e. The zero-order valence-corrected chi connectivity index (χ0v) is 12.8. The largest absolute Gasteiger partial charge is 0.493 e. The topological polar surface area (TPSA) is 39.1 Å². The van der Waals surface area contributed by atoms with Gasteiger partial charge in [-0.2, -0.15) is 5.10 Å². The molecule has 0 aliphatic heterocycles. The van der Waals surface area contributed by atoms with Crippen molar-refractivity contribution in [3.63, 3.8) is 0 Å². The first-order valence-corrected chi connectivity index (χ1v) is 7.29. The number of halogens is 1. The summed E-state index contributed by atoms with van der Waals surface area (Å²) < 4.78 is 20.6. The molecule has 0 aliphatic carbocycles. The van der Waals surface area contributed by atoms with Gasteiger partial charge in [-0.25, -0.2) is 4.39 Å². The van der Waals surface area contributed by atoms with Crippen molar-refractivity contribution in [3.05, 3.63) is 47.5 Å². The van der Waals surface area contributed by atoms with Crippen LogP contribution in [0.25, 0.3) is 0 Å². The Balaban J connectivity index is 2.46. The molecule has 0 saturated heterocycles. The number of methoxy groups -OCH3 is 1. The van der Waals surface area contributed by atoms with Crippen LogP contribution in [0.1, 0.15) is 37.6 Å². The molecule has 0 radical (unpaired) electrons. The number of aromatic nitrogens is 2. The number of rotatable bonds is 7. The molecule has 0 saturated carbocycles. The lowest BCUT2D eigenvalue weighted by atomic mass is 10.0. The molecule has 114 valence electrons. The van der Waals surface area contributed by atoms with Gasteiger partial charge in [0, 0.05) is 6.54 Å². The van der Waals surface area contributed by atoms with E-state index in [0.29, 0.717) is 0 Å². The fourth-order valence-electron chi connectivity index (χ4n) is 2.45. The third kappa shape index (κ3) is 3.42. The van der Waals surface area contributed by atoms with Gasteiger partial charge in [0.25, 0.3) is 0 Å². The number of hydrogen-bond donors (Lipinski definition) is 1. The molecule has 2 rings (SSSR count). The van der Waals surface area contributed by atoms with Gasteiger partial charge in [0.1, 0.15) is 11.5 Å². The van der Waals surface area contributed by atoms with Gasteiger partial charge in [-0.3, -0.25) is 4.68 Å². The lowest BCUT2D eigenvalue weighted by Crippen LogP contribution is -2.25. The average molecular weight is 291 g/mol. The van der Waals surface area contributed by atoms with Crippen molar-refractivity contribution in [1.82, 2.24) is 15.1 Å². The maximum atomic E-state index is 13.2. The van der Waals surface area contributed by atoms with E-state index in [1.165, 1.54) is 12.1 Å². The standard InChI is InChI=1S/C16H22FN3O/c1-4-10-20-16(14(21-3)11-19-20)15(18-5-2)12-6-8-13(17)9-7-12/h6-9,11,15,18H,4-5,10H2,1-3H3. The van der Waals surface area contributed by atoms with Crippen molar-refractivity contribution >= 4 is 0 Å². The van der Waals surface area contributed by atoms with E-state index >= 15 is 0 Å². The summed E-state index contributed by atoms with van der Waals surface area (Å²) in [5.74, 6) is 0.516. The van der Waals surface area contributed by atoms with E-state index in [1.807, 2.05) is 11.6 Å². The number of nitrogens with one attached hydrogen (secondary N) is 1. The van der Waals surface area contributed by atoms with Gasteiger partial charge >= 0.3 is 0 Å². The summed E-state index contributed by atoms with van der Waals surface area (Å²) in [6.45, 7) is 5.77. The zero-order chi connectivity index (χ0) is 15.2. The smallest absolute Gasteiger partial charge is 0.161 e. The van der Waals surface area contributed by atoms with E-state index in [9.17, 15) is 4.39 Å². The maximum absolute atomic E-state index is 13.2. The fraction of sp³-hybridized carbons (Fsp3) is 0.438. The highest BCUT2D eigenvalue weighted by Crippen LogP contribution is 2.30. The van der Waals surface area contributed by atoms with E-state index in [2.05, 4.69) is 17.3 Å². The highest BCUT2D eigenvalue weighted by molar-refractivity contribution is 5.36. The van der Waals surface area contributed by atoms with Crippen LogP contribution in [0, 0.1) is 5.82 Å². The van der Waals surface area contributed by atoms with Crippen LogP contribution < -0.4 is 10.1 Å². The Morgan fingerprint density at radius 3 is 2.57 bits per heavy atom. The molecule has 1 aromatic carbocycles. The maximum Gasteiger partial charge on any atom is 0.161 e. The second-order valence-electron chi connectivity index (χ2n) is 4.86. The van der Waals surface area contributed by atoms with Crippen LogP contribution in [-0.4, -0.2) is 23.4 Å². The summed E-state index contributed by atoms with van der Waals surface area (Å²) in [6, 6.07) is 6.48. The lowest BCUT2D eigenvalue weighted by Gasteiger charge is -2.21. The summed E-state index contributed by atoms with van der Waals surface area (Å²) in [7, 11) is 1.64. The Kier molecular flexibility index (Phi) is 5.33. The molecule has 1 aromatic heterocycles. The van der Waals surface area contributed by atoms with Crippen LogP contribution in [0.3, 0.4) is 0 Å². The molecule has 2 aromatic rings. The Morgan fingerprint density at radius 2 is 2.00 bits per heavy atom. The van der Waals surface area contributed by atoms with Crippen LogP contribution in [0.15, 0.2) is 30.5 Å². The summed E-state index contributed by atoms with van der Waals surface area (Å²) in [5, 5.41) is 7.83. The second-order valence-corrected chi connectivity index (χ2v) is 4.86. The summed E-state index contributed by atoms with van der Waals surface area (Å²) >= 11 is 0. The van der Waals surface area contributed by atoms with Gasteiger partial charge in [-0.05, 0) is 30.7 Å². The van der Waals surface area contributed by atoms with E-state index in [1.54, 1.807) is 25.4 Å². The number of aryl methyl sites for hydroxylation is 1. The first-order valence-electron chi connectivity index (χ1n) is 7.29. The van der Waals surface area contributed by atoms with Crippen molar-refractivity contribution in [3.8, 4) is 5.75 Å². The number of benzene rings is 1. The average Bonchev–Trinajstić information content (AvgIpc) is 2.89. The molecule has 0 amide bonds. The summed E-state index contributed by atoms with van der Waals surface area (Å²) in [4.78, 5) is 0. The van der Waals surface area contributed by atoms with Crippen LogP contribution in [0.5, 0.6) is 5.75 Å². The molecular formula is C16H22FN3O. The van der Waals surface area contributed by atoms with Gasteiger partial charge in [0.15, 0.2) is 5.75 Å². The number of nitrogens with zero attached hydrogens (tertiary/aromatic N) is 2. The minimum absolute atomic E-state index is 0.0698. The predicted octanol–water partition coefficient (Wildman–Crippen LogP) is 3.14. The van der Waals surface area contributed by atoms with Crippen LogP contribution in [-0.2, 0) is 6.54 Å². The quantitative estimate of drug-likeness (QED) is 0.852. The molecule has 1 unspecified atom stereocenters. The molecule has 0 fully saturated rings. The van der Waals surface area contributed by atoms with Crippen molar-refractivity contribution in [2.45, 2.75) is 32.9 Å². The van der Waals surface area contributed by atoms with Gasteiger partial charge in [-0.15, -0.1) is 0 Å². The predicted molar refractivity (Wildman–Crippen MR) is 81.0 cm³/mol. The lowest BCUT2D eigenvalue weighted by molar-refractivity contribution is 0.398. The van der Waals surface area contributed by atoms with Crippen molar-refractivity contribution in [2.75, 3.05) is 13.7 Å². The molecule has 5 heteroatoms. The van der Waals surface area contributed by atoms with Crippen molar-refractivity contribution < 1.29 is 9.13 Å². The minimum atomic E-state index is -0.233. The SMILES string of the molecule is CCCn1ncc(OC)c1C(NCC)c1ccc(F)cc1. The highest BCUT2D eigenvalue weighted by atomic mass is 19.1. The van der Waals surface area contributed by atoms with Gasteiger partial charge in [-0.1, -0.05) is 26.0 Å². The van der Waals surface area contributed by atoms with E-state index in [0.717, 1.165) is 36.5 Å². The molecule has 1 atom stereocenters. The van der Waals surface area contributed by atoms with Gasteiger partial charge < -0.3 is 10.1 Å². The molecule has 0 aliphatic rings. The molecule has 1 N–H and O–H groups in total. The zero-order valence-electron chi connectivity index (χ0n) is 12.8. The third-order valence-electron chi connectivity index (χ3n) is 3.39. The Morgan fingerprint density at radius 1 is 1.29 bits per heavy atom. The first-order chi connectivity index (χ1) is 10.2. The molecule has 4 nitrogen and oxygen atoms in total. The Labute approximate surface area is 124 Å². The molecule has 0 bridgehead atoms. The van der Waals surface area contributed by atoms with Crippen LogP contribution in [0.2, 0.25) is 0 Å². The molecule has 21 heavy (non-hydrogen) atoms. The normalized spacial score (nSPS) is 12.4. The molecule has 0 spiro atoms. The summed E-state index contributed by atoms with van der Waals surface area (Å²) in [5.41, 5.74) is 1.97. The van der Waals surface area contributed by atoms with Crippen LogP contribution >= 0.6 is 0 Å². The number of ether oxygens (including phenoxy) is 1. The fourth-order valence-corrected chi connectivity index (χ4v) is 2.45. The van der Waals surface area contributed by atoms with E-state index in [4.69, 9.17) is 4.74 Å². The van der Waals surface area contributed by atoms with E-state index < -0.39 is 0 Å². The molecular weight excluding hydrogens is 269 g/mol. The molecule has 1 heterocycles. The monoisotopic (exact) mass is 291 g/mol.